The SMILES string of the molecule is CC[C@H](Oc1cccc2ccccc12)C(=O)N[C@@H](C)c1ccc(N2CCC[C@@H](C)C2)cc1. The van der Waals surface area contributed by atoms with Crippen molar-refractivity contribution in [2.75, 3.05) is 18.0 Å². The number of rotatable bonds is 7. The lowest BCUT2D eigenvalue weighted by Gasteiger charge is -2.33. The number of hydrogen-bond acceptors (Lipinski definition) is 3. The van der Waals surface area contributed by atoms with Gasteiger partial charge in [-0.1, -0.05) is 62.4 Å². The van der Waals surface area contributed by atoms with E-state index in [-0.39, 0.29) is 11.9 Å². The molecule has 32 heavy (non-hydrogen) atoms. The number of nitrogens with one attached hydrogen (secondary N) is 1. The first-order valence-electron chi connectivity index (χ1n) is 11.8. The lowest BCUT2D eigenvalue weighted by Crippen LogP contribution is -2.39. The third kappa shape index (κ3) is 5.07. The zero-order valence-electron chi connectivity index (χ0n) is 19.4. The molecule has 1 heterocycles. The molecule has 1 fully saturated rings. The van der Waals surface area contributed by atoms with Crippen LogP contribution in [0.4, 0.5) is 5.69 Å². The number of amides is 1. The Morgan fingerprint density at radius 3 is 2.59 bits per heavy atom. The molecule has 0 bridgehead atoms. The highest BCUT2D eigenvalue weighted by Crippen LogP contribution is 2.27. The Hall–Kier alpha value is -3.01. The summed E-state index contributed by atoms with van der Waals surface area (Å²) < 4.78 is 6.17. The van der Waals surface area contributed by atoms with Gasteiger partial charge in [0.25, 0.3) is 5.91 Å². The van der Waals surface area contributed by atoms with Gasteiger partial charge in [0.15, 0.2) is 6.10 Å². The van der Waals surface area contributed by atoms with Crippen LogP contribution in [0.3, 0.4) is 0 Å². The lowest BCUT2D eigenvalue weighted by atomic mass is 9.99. The van der Waals surface area contributed by atoms with Crippen LogP contribution in [0.15, 0.2) is 66.7 Å². The van der Waals surface area contributed by atoms with Crippen molar-refractivity contribution in [3.63, 3.8) is 0 Å². The first-order chi connectivity index (χ1) is 15.5. The van der Waals surface area contributed by atoms with Crippen molar-refractivity contribution in [1.29, 1.82) is 0 Å². The topological polar surface area (TPSA) is 41.6 Å². The maximum atomic E-state index is 13.0. The quantitative estimate of drug-likeness (QED) is 0.492. The van der Waals surface area contributed by atoms with E-state index in [2.05, 4.69) is 53.5 Å². The maximum Gasteiger partial charge on any atom is 0.261 e. The summed E-state index contributed by atoms with van der Waals surface area (Å²) in [4.78, 5) is 15.5. The summed E-state index contributed by atoms with van der Waals surface area (Å²) >= 11 is 0. The van der Waals surface area contributed by atoms with Gasteiger partial charge in [-0.25, -0.2) is 0 Å². The summed E-state index contributed by atoms with van der Waals surface area (Å²) in [6.07, 6.45) is 2.65. The molecule has 4 heteroatoms. The van der Waals surface area contributed by atoms with Gasteiger partial charge in [0.05, 0.1) is 6.04 Å². The number of carbonyl (C=O) groups excluding carboxylic acids is 1. The number of anilines is 1. The summed E-state index contributed by atoms with van der Waals surface area (Å²) in [6.45, 7) is 8.58. The average molecular weight is 431 g/mol. The van der Waals surface area contributed by atoms with Crippen molar-refractivity contribution in [1.82, 2.24) is 5.32 Å². The molecule has 0 saturated carbocycles. The monoisotopic (exact) mass is 430 g/mol. The Morgan fingerprint density at radius 2 is 1.84 bits per heavy atom. The summed E-state index contributed by atoms with van der Waals surface area (Å²) in [5.74, 6) is 1.41. The van der Waals surface area contributed by atoms with Gasteiger partial charge < -0.3 is 15.0 Å². The van der Waals surface area contributed by atoms with E-state index >= 15 is 0 Å². The highest BCUT2D eigenvalue weighted by Gasteiger charge is 2.22. The number of hydrogen-bond donors (Lipinski definition) is 1. The summed E-state index contributed by atoms with van der Waals surface area (Å²) in [5.41, 5.74) is 2.37. The van der Waals surface area contributed by atoms with Crippen molar-refractivity contribution in [2.45, 2.75) is 52.2 Å². The first-order valence-corrected chi connectivity index (χ1v) is 11.8. The molecule has 0 aliphatic carbocycles. The van der Waals surface area contributed by atoms with E-state index in [0.717, 1.165) is 41.1 Å². The van der Waals surface area contributed by atoms with E-state index in [1.165, 1.54) is 18.5 Å². The molecule has 1 aliphatic rings. The van der Waals surface area contributed by atoms with Gasteiger partial charge in [0.2, 0.25) is 0 Å². The van der Waals surface area contributed by atoms with E-state index < -0.39 is 6.10 Å². The van der Waals surface area contributed by atoms with Crippen molar-refractivity contribution in [2.24, 2.45) is 5.92 Å². The number of benzene rings is 3. The minimum Gasteiger partial charge on any atom is -0.480 e. The van der Waals surface area contributed by atoms with Gasteiger partial charge in [-0.2, -0.15) is 0 Å². The lowest BCUT2D eigenvalue weighted by molar-refractivity contribution is -0.128. The Labute approximate surface area is 191 Å². The first kappa shape index (κ1) is 22.2. The zero-order chi connectivity index (χ0) is 22.5. The van der Waals surface area contributed by atoms with Crippen molar-refractivity contribution in [3.8, 4) is 5.75 Å². The Kier molecular flexibility index (Phi) is 6.99. The summed E-state index contributed by atoms with van der Waals surface area (Å²) in [7, 11) is 0. The number of fused-ring (bicyclic) bond motifs is 1. The standard InChI is InChI=1S/C28H34N2O2/c1-4-26(32-27-13-7-11-23-10-5-6-12-25(23)27)28(31)29-21(3)22-14-16-24(17-15-22)30-18-8-9-20(2)19-30/h5-7,10-17,20-21,26H,4,8-9,18-19H2,1-3H3,(H,29,31)/t20-,21+,26+/m1/s1. The molecule has 1 N–H and O–H groups in total. The van der Waals surface area contributed by atoms with Gasteiger partial charge in [0, 0.05) is 24.2 Å². The molecule has 0 spiro atoms. The predicted molar refractivity (Wildman–Crippen MR) is 132 cm³/mol. The number of carbonyl (C=O) groups is 1. The minimum atomic E-state index is -0.530. The third-order valence-corrected chi connectivity index (χ3v) is 6.46. The highest BCUT2D eigenvalue weighted by molar-refractivity contribution is 5.89. The van der Waals surface area contributed by atoms with Crippen molar-refractivity contribution < 1.29 is 9.53 Å². The second-order valence-corrected chi connectivity index (χ2v) is 9.01. The van der Waals surface area contributed by atoms with Crippen molar-refractivity contribution >= 4 is 22.4 Å². The predicted octanol–water partition coefficient (Wildman–Crippen LogP) is 6.11. The normalized spacial score (nSPS) is 18.2. The molecule has 1 aliphatic heterocycles. The summed E-state index contributed by atoms with van der Waals surface area (Å²) in [6, 6.07) is 22.6. The minimum absolute atomic E-state index is 0.0815. The molecule has 0 aromatic heterocycles. The molecule has 4 nitrogen and oxygen atoms in total. The largest absolute Gasteiger partial charge is 0.480 e. The molecule has 1 amide bonds. The number of piperidine rings is 1. The Balaban J connectivity index is 1.40. The molecule has 3 atom stereocenters. The van der Waals surface area contributed by atoms with Crippen LogP contribution in [0.25, 0.3) is 10.8 Å². The van der Waals surface area contributed by atoms with E-state index in [4.69, 9.17) is 4.74 Å². The van der Waals surface area contributed by atoms with E-state index in [0.29, 0.717) is 6.42 Å². The van der Waals surface area contributed by atoms with E-state index in [9.17, 15) is 4.79 Å². The van der Waals surface area contributed by atoms with Crippen LogP contribution in [0.5, 0.6) is 5.75 Å². The van der Waals surface area contributed by atoms with Crippen LogP contribution in [-0.2, 0) is 4.79 Å². The van der Waals surface area contributed by atoms with Crippen LogP contribution < -0.4 is 15.0 Å². The Morgan fingerprint density at radius 1 is 1.09 bits per heavy atom. The second kappa shape index (κ2) is 10.1. The molecular weight excluding hydrogens is 396 g/mol. The fraction of sp³-hybridized carbons (Fsp3) is 0.393. The molecule has 0 radical (unpaired) electrons. The second-order valence-electron chi connectivity index (χ2n) is 9.01. The van der Waals surface area contributed by atoms with Crippen LogP contribution >= 0.6 is 0 Å². The average Bonchev–Trinajstić information content (AvgIpc) is 2.82. The number of nitrogens with zero attached hydrogens (tertiary/aromatic N) is 1. The van der Waals surface area contributed by atoms with E-state index in [1.54, 1.807) is 0 Å². The van der Waals surface area contributed by atoms with Gasteiger partial charge in [-0.15, -0.1) is 0 Å². The van der Waals surface area contributed by atoms with Gasteiger partial charge in [0.1, 0.15) is 5.75 Å². The van der Waals surface area contributed by atoms with Crippen LogP contribution in [0, 0.1) is 5.92 Å². The molecule has 3 aromatic carbocycles. The fourth-order valence-corrected chi connectivity index (χ4v) is 4.56. The molecule has 4 rings (SSSR count). The Bertz CT molecular complexity index is 1040. The molecular formula is C28H34N2O2. The highest BCUT2D eigenvalue weighted by atomic mass is 16.5. The molecule has 0 unspecified atom stereocenters. The van der Waals surface area contributed by atoms with E-state index in [1.807, 2.05) is 44.2 Å². The zero-order valence-corrected chi connectivity index (χ0v) is 19.4. The third-order valence-electron chi connectivity index (χ3n) is 6.46. The smallest absolute Gasteiger partial charge is 0.261 e. The van der Waals surface area contributed by atoms with Crippen LogP contribution in [-0.4, -0.2) is 25.1 Å². The van der Waals surface area contributed by atoms with Gasteiger partial charge in [-0.3, -0.25) is 4.79 Å². The van der Waals surface area contributed by atoms with Crippen LogP contribution in [0.2, 0.25) is 0 Å². The van der Waals surface area contributed by atoms with Gasteiger partial charge >= 0.3 is 0 Å². The van der Waals surface area contributed by atoms with Crippen molar-refractivity contribution in [3.05, 3.63) is 72.3 Å². The molecule has 168 valence electrons. The maximum absolute atomic E-state index is 13.0. The van der Waals surface area contributed by atoms with Crippen LogP contribution in [0.1, 0.15) is 51.6 Å². The summed E-state index contributed by atoms with van der Waals surface area (Å²) in [5, 5.41) is 5.28. The molecule has 3 aromatic rings. The fourth-order valence-electron chi connectivity index (χ4n) is 4.56. The van der Waals surface area contributed by atoms with Gasteiger partial charge in [-0.05, 0) is 61.3 Å². The molecule has 1 saturated heterocycles. The number of ether oxygens (including phenoxy) is 1.